The molecule has 0 radical (unpaired) electrons. The van der Waals surface area contributed by atoms with Crippen molar-refractivity contribution < 1.29 is 19.1 Å². The molecule has 0 heterocycles. The van der Waals surface area contributed by atoms with Gasteiger partial charge in [0.2, 0.25) is 0 Å². The van der Waals surface area contributed by atoms with Gasteiger partial charge in [-0.1, -0.05) is 23.7 Å². The Labute approximate surface area is 110 Å². The van der Waals surface area contributed by atoms with Crippen LogP contribution in [0.2, 0.25) is 5.02 Å². The predicted molar refractivity (Wildman–Crippen MR) is 68.1 cm³/mol. The van der Waals surface area contributed by atoms with Gasteiger partial charge in [0, 0.05) is 10.6 Å². The van der Waals surface area contributed by atoms with Crippen LogP contribution in [0.5, 0.6) is 0 Å². The summed E-state index contributed by atoms with van der Waals surface area (Å²) >= 11 is 5.84. The molecule has 1 aromatic rings. The summed E-state index contributed by atoms with van der Waals surface area (Å²) in [6.45, 7) is 0. The lowest BCUT2D eigenvalue weighted by Gasteiger charge is -2.04. The van der Waals surface area contributed by atoms with Crippen LogP contribution >= 0.6 is 11.6 Å². The molecule has 0 fully saturated rings. The van der Waals surface area contributed by atoms with Crippen molar-refractivity contribution in [2.75, 3.05) is 14.2 Å². The van der Waals surface area contributed by atoms with Gasteiger partial charge >= 0.3 is 11.9 Å². The van der Waals surface area contributed by atoms with Gasteiger partial charge in [-0.15, -0.1) is 0 Å². The lowest BCUT2D eigenvalue weighted by Crippen LogP contribution is -2.10. The predicted octanol–water partition coefficient (Wildman–Crippen LogP) is 2.46. The van der Waals surface area contributed by atoms with E-state index in [2.05, 4.69) is 9.47 Å². The molecule has 0 N–H and O–H groups in total. The van der Waals surface area contributed by atoms with Crippen LogP contribution in [0.1, 0.15) is 12.0 Å². The molecule has 0 aliphatic carbocycles. The van der Waals surface area contributed by atoms with Crippen LogP contribution in [-0.2, 0) is 19.1 Å². The SMILES string of the molecule is COC(=O)C/C(=C\c1cccc(Cl)c1)C(=O)OC. The van der Waals surface area contributed by atoms with E-state index in [0.717, 1.165) is 0 Å². The van der Waals surface area contributed by atoms with Crippen LogP contribution in [0, 0.1) is 0 Å². The van der Waals surface area contributed by atoms with E-state index in [9.17, 15) is 9.59 Å². The zero-order valence-electron chi connectivity index (χ0n) is 10.1. The number of hydrogen-bond donors (Lipinski definition) is 0. The standard InChI is InChI=1S/C13H13ClO4/c1-17-12(15)8-10(13(16)18-2)6-9-4-3-5-11(14)7-9/h3-7H,8H2,1-2H3/b10-6+. The summed E-state index contributed by atoms with van der Waals surface area (Å²) in [6, 6.07) is 6.92. The maximum atomic E-state index is 11.5. The molecule has 96 valence electrons. The minimum absolute atomic E-state index is 0.143. The summed E-state index contributed by atoms with van der Waals surface area (Å²) < 4.78 is 9.14. The highest BCUT2D eigenvalue weighted by Crippen LogP contribution is 2.16. The second kappa shape index (κ2) is 6.81. The number of methoxy groups -OCH3 is 2. The van der Waals surface area contributed by atoms with E-state index in [-0.39, 0.29) is 12.0 Å². The molecule has 0 spiro atoms. The van der Waals surface area contributed by atoms with E-state index in [4.69, 9.17) is 11.6 Å². The lowest BCUT2D eigenvalue weighted by molar-refractivity contribution is -0.143. The second-order valence-corrected chi connectivity index (χ2v) is 3.91. The molecule has 18 heavy (non-hydrogen) atoms. The maximum Gasteiger partial charge on any atom is 0.334 e. The van der Waals surface area contributed by atoms with Crippen molar-refractivity contribution in [2.24, 2.45) is 0 Å². The lowest BCUT2D eigenvalue weighted by atomic mass is 10.1. The molecular weight excluding hydrogens is 256 g/mol. The van der Waals surface area contributed by atoms with Crippen molar-refractivity contribution in [3.8, 4) is 0 Å². The zero-order chi connectivity index (χ0) is 13.5. The Bertz CT molecular complexity index is 480. The first-order valence-electron chi connectivity index (χ1n) is 5.18. The molecule has 5 heteroatoms. The van der Waals surface area contributed by atoms with Crippen LogP contribution in [0.4, 0.5) is 0 Å². The van der Waals surface area contributed by atoms with E-state index in [1.165, 1.54) is 14.2 Å². The fourth-order valence-electron chi connectivity index (χ4n) is 1.34. The van der Waals surface area contributed by atoms with E-state index in [1.54, 1.807) is 30.3 Å². The van der Waals surface area contributed by atoms with Crippen molar-refractivity contribution in [1.29, 1.82) is 0 Å². The first kappa shape index (κ1) is 14.3. The average molecular weight is 269 g/mol. The number of esters is 2. The Balaban J connectivity index is 3.02. The minimum Gasteiger partial charge on any atom is -0.469 e. The van der Waals surface area contributed by atoms with E-state index >= 15 is 0 Å². The van der Waals surface area contributed by atoms with Crippen molar-refractivity contribution in [2.45, 2.75) is 6.42 Å². The quantitative estimate of drug-likeness (QED) is 0.622. The first-order valence-corrected chi connectivity index (χ1v) is 5.56. The number of halogens is 1. The van der Waals surface area contributed by atoms with Gasteiger partial charge in [0.05, 0.1) is 20.6 Å². The van der Waals surface area contributed by atoms with Crippen molar-refractivity contribution in [3.63, 3.8) is 0 Å². The van der Waals surface area contributed by atoms with Gasteiger partial charge in [-0.05, 0) is 23.8 Å². The Morgan fingerprint density at radius 1 is 1.28 bits per heavy atom. The van der Waals surface area contributed by atoms with Gasteiger partial charge in [-0.25, -0.2) is 4.79 Å². The highest BCUT2D eigenvalue weighted by Gasteiger charge is 2.14. The largest absolute Gasteiger partial charge is 0.469 e. The molecule has 0 saturated carbocycles. The number of rotatable bonds is 4. The fourth-order valence-corrected chi connectivity index (χ4v) is 1.54. The molecule has 0 amide bonds. The topological polar surface area (TPSA) is 52.6 Å². The molecule has 0 aliphatic rings. The second-order valence-electron chi connectivity index (χ2n) is 3.47. The Morgan fingerprint density at radius 3 is 2.56 bits per heavy atom. The van der Waals surface area contributed by atoms with Gasteiger partial charge in [-0.3, -0.25) is 4.79 Å². The van der Waals surface area contributed by atoms with Gasteiger partial charge in [0.15, 0.2) is 0 Å². The highest BCUT2D eigenvalue weighted by atomic mass is 35.5. The van der Waals surface area contributed by atoms with Crippen LogP contribution < -0.4 is 0 Å². The molecule has 4 nitrogen and oxygen atoms in total. The first-order chi connectivity index (χ1) is 8.56. The molecule has 0 bridgehead atoms. The Kier molecular flexibility index (Phi) is 5.39. The number of benzene rings is 1. The van der Waals surface area contributed by atoms with E-state index in [0.29, 0.717) is 10.6 Å². The van der Waals surface area contributed by atoms with Gasteiger partial charge in [0.1, 0.15) is 0 Å². The summed E-state index contributed by atoms with van der Waals surface area (Å²) in [5, 5.41) is 0.547. The molecule has 0 unspecified atom stereocenters. The van der Waals surface area contributed by atoms with Crippen molar-refractivity contribution in [3.05, 3.63) is 40.4 Å². The van der Waals surface area contributed by atoms with Crippen LogP contribution in [-0.4, -0.2) is 26.2 Å². The fraction of sp³-hybridized carbons (Fsp3) is 0.231. The molecule has 1 aromatic carbocycles. The third-order valence-electron chi connectivity index (χ3n) is 2.20. The number of ether oxygens (including phenoxy) is 2. The Morgan fingerprint density at radius 2 is 2.00 bits per heavy atom. The van der Waals surface area contributed by atoms with Crippen molar-refractivity contribution >= 4 is 29.6 Å². The maximum absolute atomic E-state index is 11.5. The van der Waals surface area contributed by atoms with Crippen LogP contribution in [0.3, 0.4) is 0 Å². The smallest absolute Gasteiger partial charge is 0.334 e. The summed E-state index contributed by atoms with van der Waals surface area (Å²) in [5.41, 5.74) is 0.929. The molecule has 1 rings (SSSR count). The van der Waals surface area contributed by atoms with Gasteiger partial charge in [-0.2, -0.15) is 0 Å². The number of hydrogen-bond acceptors (Lipinski definition) is 4. The highest BCUT2D eigenvalue weighted by molar-refractivity contribution is 6.30. The van der Waals surface area contributed by atoms with E-state index < -0.39 is 11.9 Å². The Hall–Kier alpha value is -1.81. The van der Waals surface area contributed by atoms with Crippen molar-refractivity contribution in [1.82, 2.24) is 0 Å². The minimum atomic E-state index is -0.569. The third-order valence-corrected chi connectivity index (χ3v) is 2.43. The monoisotopic (exact) mass is 268 g/mol. The van der Waals surface area contributed by atoms with Crippen LogP contribution in [0.25, 0.3) is 6.08 Å². The normalized spacial score (nSPS) is 10.9. The zero-order valence-corrected chi connectivity index (χ0v) is 10.9. The molecule has 0 saturated heterocycles. The summed E-state index contributed by atoms with van der Waals surface area (Å²) in [6.07, 6.45) is 1.41. The van der Waals surface area contributed by atoms with Crippen LogP contribution in [0.15, 0.2) is 29.8 Å². The summed E-state index contributed by atoms with van der Waals surface area (Å²) in [7, 11) is 2.52. The molecule has 0 aliphatic heterocycles. The third kappa shape index (κ3) is 4.22. The number of carbonyl (C=O) groups excluding carboxylic acids is 2. The number of carbonyl (C=O) groups is 2. The average Bonchev–Trinajstić information content (AvgIpc) is 2.36. The summed E-state index contributed by atoms with van der Waals surface area (Å²) in [5.74, 6) is -1.07. The molecule has 0 aromatic heterocycles. The van der Waals surface area contributed by atoms with E-state index in [1.807, 2.05) is 0 Å². The summed E-state index contributed by atoms with van der Waals surface area (Å²) in [4.78, 5) is 22.7. The van der Waals surface area contributed by atoms with Gasteiger partial charge < -0.3 is 9.47 Å². The molecule has 0 atom stereocenters. The van der Waals surface area contributed by atoms with Gasteiger partial charge in [0.25, 0.3) is 0 Å². The molecular formula is C13H13ClO4.